The Bertz CT molecular complexity index is 1270. The third kappa shape index (κ3) is 5.86. The number of aromatic nitrogens is 3. The van der Waals surface area contributed by atoms with Crippen molar-refractivity contribution < 1.29 is 9.47 Å². The molecule has 0 aliphatic rings. The van der Waals surface area contributed by atoms with Gasteiger partial charge in [0.25, 0.3) is 0 Å². The monoisotopic (exact) mass is 456 g/mol. The normalized spacial score (nSPS) is 11.5. The van der Waals surface area contributed by atoms with Gasteiger partial charge in [-0.15, -0.1) is 0 Å². The summed E-state index contributed by atoms with van der Waals surface area (Å²) in [7, 11) is -1.10. The quantitative estimate of drug-likeness (QED) is 0.183. The molecule has 0 aliphatic carbocycles. The molecule has 0 fully saturated rings. The molecule has 0 atom stereocenters. The maximum absolute atomic E-state index is 9.62. The van der Waals surface area contributed by atoms with Crippen LogP contribution in [0.4, 0.5) is 0 Å². The maximum atomic E-state index is 9.62. The zero-order chi connectivity index (χ0) is 23.3. The summed E-state index contributed by atoms with van der Waals surface area (Å²) < 4.78 is 13.4. The van der Waals surface area contributed by atoms with Crippen molar-refractivity contribution in [2.45, 2.75) is 32.2 Å². The van der Waals surface area contributed by atoms with E-state index < -0.39 is 8.07 Å². The first-order valence-electron chi connectivity index (χ1n) is 11.0. The van der Waals surface area contributed by atoms with Crippen molar-refractivity contribution in [2.75, 3.05) is 13.4 Å². The van der Waals surface area contributed by atoms with Gasteiger partial charge in [0.15, 0.2) is 6.79 Å². The molecule has 168 valence electrons. The summed E-state index contributed by atoms with van der Waals surface area (Å²) in [6, 6.07) is 21.0. The highest BCUT2D eigenvalue weighted by atomic mass is 28.3. The number of nitriles is 1. The predicted octanol–water partition coefficient (Wildman–Crippen LogP) is 5.71. The molecule has 0 aliphatic heterocycles. The first kappa shape index (κ1) is 22.7. The molecule has 0 spiro atoms. The highest BCUT2D eigenvalue weighted by molar-refractivity contribution is 6.76. The van der Waals surface area contributed by atoms with Crippen LogP contribution in [-0.4, -0.2) is 36.0 Å². The van der Waals surface area contributed by atoms with E-state index in [-0.39, 0.29) is 6.79 Å². The Morgan fingerprint density at radius 1 is 1.03 bits per heavy atom. The van der Waals surface area contributed by atoms with E-state index in [0.717, 1.165) is 33.9 Å². The molecule has 2 aromatic carbocycles. The van der Waals surface area contributed by atoms with E-state index in [1.165, 1.54) is 0 Å². The van der Waals surface area contributed by atoms with E-state index >= 15 is 0 Å². The molecule has 0 bridgehead atoms. The molecule has 0 unspecified atom stereocenters. The molecule has 4 rings (SSSR count). The van der Waals surface area contributed by atoms with Crippen LogP contribution in [0.2, 0.25) is 25.7 Å². The fourth-order valence-electron chi connectivity index (χ4n) is 3.50. The van der Waals surface area contributed by atoms with Crippen molar-refractivity contribution in [3.05, 3.63) is 78.2 Å². The third-order valence-corrected chi connectivity index (χ3v) is 7.11. The van der Waals surface area contributed by atoms with Crippen LogP contribution in [0, 0.1) is 11.3 Å². The van der Waals surface area contributed by atoms with Crippen molar-refractivity contribution >= 4 is 19.1 Å². The van der Waals surface area contributed by atoms with Crippen LogP contribution in [0.1, 0.15) is 11.1 Å². The number of fused-ring (bicyclic) bond motifs is 1. The van der Waals surface area contributed by atoms with Gasteiger partial charge in [-0.2, -0.15) is 5.26 Å². The van der Waals surface area contributed by atoms with Gasteiger partial charge in [0.05, 0.1) is 40.9 Å². The van der Waals surface area contributed by atoms with Crippen molar-refractivity contribution in [1.29, 1.82) is 5.26 Å². The molecule has 0 saturated carbocycles. The summed E-state index contributed by atoms with van der Waals surface area (Å²) in [5, 5.41) is 9.62. The van der Waals surface area contributed by atoms with Crippen LogP contribution in [0.5, 0.6) is 5.75 Å². The number of pyridine rings is 1. The second-order valence-electron chi connectivity index (χ2n) is 9.21. The lowest BCUT2D eigenvalue weighted by atomic mass is 10.0. The zero-order valence-electron chi connectivity index (χ0n) is 19.3. The average Bonchev–Trinajstić information content (AvgIpc) is 3.21. The second-order valence-corrected chi connectivity index (χ2v) is 14.8. The molecule has 0 saturated heterocycles. The minimum absolute atomic E-state index is 0.212. The summed E-state index contributed by atoms with van der Waals surface area (Å²) in [6.45, 7) is 8.55. The highest BCUT2D eigenvalue weighted by Crippen LogP contribution is 2.25. The van der Waals surface area contributed by atoms with Gasteiger partial charge in [-0.05, 0) is 48.0 Å². The molecule has 0 amide bonds. The van der Waals surface area contributed by atoms with Gasteiger partial charge >= 0.3 is 0 Å². The first-order chi connectivity index (χ1) is 15.9. The second kappa shape index (κ2) is 9.99. The molecule has 0 radical (unpaired) electrons. The number of ether oxygens (including phenoxy) is 2. The Morgan fingerprint density at radius 2 is 1.88 bits per heavy atom. The summed E-state index contributed by atoms with van der Waals surface area (Å²) in [6.07, 6.45) is 3.52. The highest BCUT2D eigenvalue weighted by Gasteiger charge is 2.12. The van der Waals surface area contributed by atoms with Gasteiger partial charge in [0.2, 0.25) is 0 Å². The van der Waals surface area contributed by atoms with E-state index in [1.807, 2.05) is 54.9 Å². The van der Waals surface area contributed by atoms with Crippen LogP contribution in [0.15, 0.2) is 67.1 Å². The zero-order valence-corrected chi connectivity index (χ0v) is 20.3. The van der Waals surface area contributed by atoms with Gasteiger partial charge < -0.3 is 14.0 Å². The number of benzene rings is 2. The summed E-state index contributed by atoms with van der Waals surface area (Å²) in [4.78, 5) is 9.00. The number of rotatable bonds is 9. The van der Waals surface area contributed by atoms with Gasteiger partial charge in [-0.1, -0.05) is 37.8 Å². The predicted molar refractivity (Wildman–Crippen MR) is 133 cm³/mol. The van der Waals surface area contributed by atoms with Gasteiger partial charge in [0.1, 0.15) is 5.75 Å². The Morgan fingerprint density at radius 3 is 2.64 bits per heavy atom. The van der Waals surface area contributed by atoms with Crippen molar-refractivity contribution in [3.8, 4) is 23.1 Å². The molecular formula is C26H28N4O2Si. The van der Waals surface area contributed by atoms with Crippen molar-refractivity contribution in [2.24, 2.45) is 0 Å². The van der Waals surface area contributed by atoms with E-state index in [0.29, 0.717) is 24.5 Å². The minimum Gasteiger partial charge on any atom is -0.466 e. The van der Waals surface area contributed by atoms with Crippen molar-refractivity contribution in [3.63, 3.8) is 0 Å². The van der Waals surface area contributed by atoms with Crippen LogP contribution >= 0.6 is 0 Å². The summed E-state index contributed by atoms with van der Waals surface area (Å²) in [5.41, 5.74) is 5.24. The van der Waals surface area contributed by atoms with E-state index in [4.69, 9.17) is 9.47 Å². The van der Waals surface area contributed by atoms with Crippen LogP contribution < -0.4 is 4.74 Å². The number of para-hydroxylation sites is 2. The Balaban J connectivity index is 1.46. The lowest BCUT2D eigenvalue weighted by molar-refractivity contribution is 0.0218. The lowest BCUT2D eigenvalue weighted by Crippen LogP contribution is -2.22. The molecular weight excluding hydrogens is 428 g/mol. The van der Waals surface area contributed by atoms with Crippen LogP contribution in [-0.2, 0) is 11.3 Å². The smallest absolute Gasteiger partial charge is 0.189 e. The fraction of sp³-hybridized carbons (Fsp3) is 0.269. The lowest BCUT2D eigenvalue weighted by Gasteiger charge is -2.15. The van der Waals surface area contributed by atoms with Crippen LogP contribution in [0.3, 0.4) is 0 Å². The summed E-state index contributed by atoms with van der Waals surface area (Å²) in [5.74, 6) is 0.645. The van der Waals surface area contributed by atoms with Gasteiger partial charge in [0, 0.05) is 26.8 Å². The molecule has 0 N–H and O–H groups in total. The van der Waals surface area contributed by atoms with Gasteiger partial charge in [-0.3, -0.25) is 4.98 Å². The number of hydrogen-bond donors (Lipinski definition) is 0. The molecule has 4 aromatic rings. The van der Waals surface area contributed by atoms with Crippen molar-refractivity contribution in [1.82, 2.24) is 14.5 Å². The topological polar surface area (TPSA) is 73.0 Å². The van der Waals surface area contributed by atoms with E-state index in [2.05, 4.69) is 46.3 Å². The largest absolute Gasteiger partial charge is 0.466 e. The van der Waals surface area contributed by atoms with Gasteiger partial charge in [-0.25, -0.2) is 4.98 Å². The number of hydrogen-bond acceptors (Lipinski definition) is 5. The number of imidazole rings is 1. The molecule has 2 aromatic heterocycles. The Labute approximate surface area is 195 Å². The SMILES string of the molecule is C[Si](C)(C)CCOCOc1ccc(-c2cc(Cn3cnc4ccccc43)ccc2C#N)nc1. The molecule has 2 heterocycles. The van der Waals surface area contributed by atoms with Crippen LogP contribution in [0.25, 0.3) is 22.3 Å². The standard InChI is InChI=1S/C26H28N4O2Si/c1-33(2,3)13-12-31-19-32-22-10-11-24(28-16-22)23-14-20(8-9-21(23)15-27)17-30-18-29-25-6-4-5-7-26(25)30/h4-11,14,16,18H,12-13,17,19H2,1-3H3. The number of nitrogens with zero attached hydrogens (tertiary/aromatic N) is 4. The maximum Gasteiger partial charge on any atom is 0.189 e. The summed E-state index contributed by atoms with van der Waals surface area (Å²) >= 11 is 0. The first-order valence-corrected chi connectivity index (χ1v) is 14.7. The minimum atomic E-state index is -1.10. The van der Waals surface area contributed by atoms with E-state index in [1.54, 1.807) is 6.20 Å². The average molecular weight is 457 g/mol. The van der Waals surface area contributed by atoms with E-state index in [9.17, 15) is 5.26 Å². The Kier molecular flexibility index (Phi) is 6.87. The third-order valence-electron chi connectivity index (χ3n) is 5.40. The molecule has 6 nitrogen and oxygen atoms in total. The molecule has 33 heavy (non-hydrogen) atoms. The fourth-order valence-corrected chi connectivity index (χ4v) is 4.26. The Hall–Kier alpha value is -3.47. The molecule has 7 heteroatoms.